The number of carbonyl (C=O) groups excluding carboxylic acids is 1. The highest BCUT2D eigenvalue weighted by molar-refractivity contribution is 5.76. The molecule has 2 aromatic rings. The predicted octanol–water partition coefficient (Wildman–Crippen LogP) is 1.78. The van der Waals surface area contributed by atoms with E-state index in [0.29, 0.717) is 12.4 Å². The maximum absolute atomic E-state index is 11.2. The zero-order chi connectivity index (χ0) is 20.6. The largest absolute Gasteiger partial charge is 0.495 e. The van der Waals surface area contributed by atoms with Crippen molar-refractivity contribution in [2.75, 3.05) is 20.8 Å². The molecule has 1 aromatic heterocycles. The van der Waals surface area contributed by atoms with Crippen LogP contribution in [0.4, 0.5) is 0 Å². The van der Waals surface area contributed by atoms with Gasteiger partial charge in [-0.3, -0.25) is 4.79 Å². The highest BCUT2D eigenvalue weighted by atomic mass is 16.5. The summed E-state index contributed by atoms with van der Waals surface area (Å²) in [6, 6.07) is 11.9. The minimum atomic E-state index is -0.500. The quantitative estimate of drug-likeness (QED) is 0.631. The molecule has 3 rings (SSSR count). The topological polar surface area (TPSA) is 92.7 Å². The van der Waals surface area contributed by atoms with Gasteiger partial charge >= 0.3 is 0 Å². The van der Waals surface area contributed by atoms with Crippen molar-refractivity contribution in [1.82, 2.24) is 15.6 Å². The monoisotopic (exact) mass is 395 g/mol. The van der Waals surface area contributed by atoms with Gasteiger partial charge in [-0.25, -0.2) is 4.98 Å². The Kier molecular flexibility index (Phi) is 6.86. The molecule has 7 nitrogen and oxygen atoms in total. The number of amides is 1. The second-order valence-electron chi connectivity index (χ2n) is 6.60. The van der Waals surface area contributed by atoms with Crippen molar-refractivity contribution in [3.63, 3.8) is 0 Å². The number of hydrogen-bond acceptors (Lipinski definition) is 6. The fourth-order valence-corrected chi connectivity index (χ4v) is 3.09. The maximum atomic E-state index is 11.2. The molecule has 1 aliphatic rings. The van der Waals surface area contributed by atoms with E-state index in [-0.39, 0.29) is 11.9 Å². The number of aromatic nitrogens is 1. The van der Waals surface area contributed by atoms with Gasteiger partial charge in [-0.05, 0) is 29.7 Å². The lowest BCUT2D eigenvalue weighted by Crippen LogP contribution is -2.31. The Morgan fingerprint density at radius 1 is 1.17 bits per heavy atom. The molecule has 0 saturated carbocycles. The fourth-order valence-electron chi connectivity index (χ4n) is 3.09. The first-order chi connectivity index (χ1) is 14.1. The summed E-state index contributed by atoms with van der Waals surface area (Å²) in [6.45, 7) is -0.102. The summed E-state index contributed by atoms with van der Waals surface area (Å²) in [5.74, 6) is 0.915. The number of dihydropyridines is 1. The summed E-state index contributed by atoms with van der Waals surface area (Å²) in [5, 5.41) is 14.9. The number of aliphatic hydroxyl groups excluding tert-OH is 1. The van der Waals surface area contributed by atoms with E-state index in [1.165, 1.54) is 0 Å². The summed E-state index contributed by atoms with van der Waals surface area (Å²) in [7, 11) is 3.24. The van der Waals surface area contributed by atoms with Crippen molar-refractivity contribution in [1.29, 1.82) is 0 Å². The van der Waals surface area contributed by atoms with Crippen LogP contribution in [0, 0.1) is 0 Å². The van der Waals surface area contributed by atoms with E-state index in [2.05, 4.69) is 21.7 Å². The predicted molar refractivity (Wildman–Crippen MR) is 110 cm³/mol. The van der Waals surface area contributed by atoms with E-state index in [4.69, 9.17) is 14.6 Å². The summed E-state index contributed by atoms with van der Waals surface area (Å²) in [5.41, 5.74) is 3.98. The number of pyridine rings is 1. The first-order valence-corrected chi connectivity index (χ1v) is 9.31. The molecule has 1 atom stereocenters. The SMILES string of the molecule is COC1=C(c2ccnc(OC)c2)NC(Cc2ccc(CNC(=O)CO)cc2)C=C1. The summed E-state index contributed by atoms with van der Waals surface area (Å²) < 4.78 is 10.7. The Balaban J connectivity index is 1.68. The number of rotatable bonds is 8. The molecule has 3 N–H and O–H groups in total. The summed E-state index contributed by atoms with van der Waals surface area (Å²) >= 11 is 0. The Morgan fingerprint density at radius 3 is 2.62 bits per heavy atom. The van der Waals surface area contributed by atoms with Crippen molar-refractivity contribution < 1.29 is 19.4 Å². The van der Waals surface area contributed by atoms with Gasteiger partial charge in [-0.1, -0.05) is 30.3 Å². The number of aliphatic hydroxyl groups is 1. The van der Waals surface area contributed by atoms with Crippen LogP contribution in [-0.2, 0) is 22.5 Å². The molecule has 0 aliphatic carbocycles. The average Bonchev–Trinajstić information content (AvgIpc) is 2.78. The Morgan fingerprint density at radius 2 is 1.93 bits per heavy atom. The van der Waals surface area contributed by atoms with E-state index in [1.807, 2.05) is 42.5 Å². The lowest BCUT2D eigenvalue weighted by molar-refractivity contribution is -0.123. The maximum Gasteiger partial charge on any atom is 0.245 e. The molecule has 1 aromatic carbocycles. The minimum absolute atomic E-state index is 0.100. The van der Waals surface area contributed by atoms with Gasteiger partial charge in [-0.2, -0.15) is 0 Å². The first-order valence-electron chi connectivity index (χ1n) is 9.31. The zero-order valence-electron chi connectivity index (χ0n) is 16.5. The molecule has 1 amide bonds. The summed E-state index contributed by atoms with van der Waals surface area (Å²) in [6.07, 6.45) is 6.55. The zero-order valence-corrected chi connectivity index (χ0v) is 16.5. The van der Waals surface area contributed by atoms with Gasteiger partial charge in [0.1, 0.15) is 12.4 Å². The average molecular weight is 395 g/mol. The molecule has 152 valence electrons. The number of ether oxygens (including phenoxy) is 2. The number of hydrogen-bond donors (Lipinski definition) is 3. The molecule has 2 heterocycles. The Labute approximate surface area is 170 Å². The van der Waals surface area contributed by atoms with Crippen LogP contribution in [0.25, 0.3) is 5.70 Å². The van der Waals surface area contributed by atoms with Crippen LogP contribution in [0.5, 0.6) is 5.88 Å². The van der Waals surface area contributed by atoms with E-state index in [9.17, 15) is 4.79 Å². The standard InChI is InChI=1S/C22H25N3O4/c1-28-19-8-7-18(25-22(19)17-9-10-23-21(12-17)29-2)11-15-3-5-16(6-4-15)13-24-20(27)14-26/h3-10,12,18,25-26H,11,13-14H2,1-2H3,(H,24,27). The third kappa shape index (κ3) is 5.36. The third-order valence-corrected chi connectivity index (χ3v) is 4.62. The van der Waals surface area contributed by atoms with Crippen LogP contribution in [-0.4, -0.2) is 42.9 Å². The van der Waals surface area contributed by atoms with E-state index >= 15 is 0 Å². The fraction of sp³-hybridized carbons (Fsp3) is 0.273. The summed E-state index contributed by atoms with van der Waals surface area (Å²) in [4.78, 5) is 15.3. The molecule has 0 radical (unpaired) electrons. The van der Waals surface area contributed by atoms with Crippen molar-refractivity contribution >= 4 is 11.6 Å². The van der Waals surface area contributed by atoms with Crippen molar-refractivity contribution in [3.8, 4) is 5.88 Å². The highest BCUT2D eigenvalue weighted by Crippen LogP contribution is 2.25. The van der Waals surface area contributed by atoms with Gasteiger partial charge in [0.15, 0.2) is 0 Å². The first kappa shape index (κ1) is 20.4. The molecule has 0 fully saturated rings. The van der Waals surface area contributed by atoms with Gasteiger partial charge in [0.05, 0.1) is 19.9 Å². The van der Waals surface area contributed by atoms with E-state index in [1.54, 1.807) is 20.4 Å². The molecule has 7 heteroatoms. The molecule has 0 saturated heterocycles. The Hall–Kier alpha value is -3.32. The van der Waals surface area contributed by atoms with Crippen LogP contribution < -0.4 is 15.4 Å². The van der Waals surface area contributed by atoms with E-state index in [0.717, 1.165) is 34.6 Å². The number of carbonyl (C=O) groups is 1. The number of methoxy groups -OCH3 is 2. The van der Waals surface area contributed by atoms with Crippen LogP contribution in [0.1, 0.15) is 16.7 Å². The molecule has 1 aliphatic heterocycles. The molecular formula is C22H25N3O4. The lowest BCUT2D eigenvalue weighted by atomic mass is 10.00. The number of benzene rings is 1. The molecule has 1 unspecified atom stereocenters. The van der Waals surface area contributed by atoms with Crippen molar-refractivity contribution in [2.24, 2.45) is 0 Å². The second-order valence-corrected chi connectivity index (χ2v) is 6.60. The van der Waals surface area contributed by atoms with E-state index < -0.39 is 6.61 Å². The van der Waals surface area contributed by atoms with Crippen LogP contribution in [0.3, 0.4) is 0 Å². The number of nitrogens with one attached hydrogen (secondary N) is 2. The second kappa shape index (κ2) is 9.75. The normalized spacial score (nSPS) is 15.6. The number of nitrogens with zero attached hydrogens (tertiary/aromatic N) is 1. The van der Waals surface area contributed by atoms with Crippen molar-refractivity contribution in [2.45, 2.75) is 19.0 Å². The van der Waals surface area contributed by atoms with Gasteiger partial charge in [-0.15, -0.1) is 0 Å². The highest BCUT2D eigenvalue weighted by Gasteiger charge is 2.18. The van der Waals surface area contributed by atoms with Gasteiger partial charge in [0.2, 0.25) is 11.8 Å². The Bertz CT molecular complexity index is 907. The van der Waals surface area contributed by atoms with Crippen LogP contribution in [0.2, 0.25) is 0 Å². The van der Waals surface area contributed by atoms with Gasteiger partial charge < -0.3 is 25.2 Å². The van der Waals surface area contributed by atoms with Gasteiger partial charge in [0.25, 0.3) is 0 Å². The smallest absolute Gasteiger partial charge is 0.245 e. The third-order valence-electron chi connectivity index (χ3n) is 4.62. The molecule has 29 heavy (non-hydrogen) atoms. The molecule has 0 spiro atoms. The lowest BCUT2D eigenvalue weighted by Gasteiger charge is -2.25. The van der Waals surface area contributed by atoms with Crippen molar-refractivity contribution in [3.05, 3.63) is 77.2 Å². The molecule has 0 bridgehead atoms. The van der Waals surface area contributed by atoms with Crippen LogP contribution >= 0.6 is 0 Å². The minimum Gasteiger partial charge on any atom is -0.495 e. The number of allylic oxidation sites excluding steroid dienone is 1. The van der Waals surface area contributed by atoms with Crippen LogP contribution in [0.15, 0.2) is 60.5 Å². The molecular weight excluding hydrogens is 370 g/mol. The van der Waals surface area contributed by atoms with Gasteiger partial charge in [0, 0.05) is 30.4 Å².